The number of nitrogens with zero attached hydrogens (tertiary/aromatic N) is 2. The monoisotopic (exact) mass is 268 g/mol. The number of likely N-dealkylation sites (N-methyl/N-ethyl adjacent to an activating group) is 1. The molecule has 1 aliphatic heterocycles. The zero-order chi connectivity index (χ0) is 14.3. The first-order chi connectivity index (χ1) is 9.04. The largest absolute Gasteiger partial charge is 0.466 e. The third-order valence-corrected chi connectivity index (χ3v) is 3.16. The number of hydrogen-bond donors (Lipinski definition) is 0. The maximum atomic E-state index is 11.9. The van der Waals surface area contributed by atoms with Crippen LogP contribution in [0.3, 0.4) is 0 Å². The summed E-state index contributed by atoms with van der Waals surface area (Å²) in [5, 5.41) is 0. The van der Waals surface area contributed by atoms with E-state index in [1.54, 1.807) is 11.0 Å². The number of esters is 1. The predicted molar refractivity (Wildman–Crippen MR) is 73.6 cm³/mol. The van der Waals surface area contributed by atoms with Gasteiger partial charge < -0.3 is 14.5 Å². The summed E-state index contributed by atoms with van der Waals surface area (Å²) in [5.74, 6) is -0.142. The summed E-state index contributed by atoms with van der Waals surface area (Å²) in [4.78, 5) is 27.3. The summed E-state index contributed by atoms with van der Waals surface area (Å²) in [6, 6.07) is 0. The molecule has 1 aliphatic rings. The zero-order valence-electron chi connectivity index (χ0n) is 12.1. The van der Waals surface area contributed by atoms with E-state index in [-0.39, 0.29) is 17.8 Å². The normalized spacial score (nSPS) is 17.2. The molecule has 0 N–H and O–H groups in total. The van der Waals surface area contributed by atoms with Gasteiger partial charge in [0.25, 0.3) is 0 Å². The van der Waals surface area contributed by atoms with E-state index in [0.717, 1.165) is 6.54 Å². The number of likely N-dealkylation sites (tertiary alicyclic amines) is 1. The molecule has 0 aliphatic carbocycles. The summed E-state index contributed by atoms with van der Waals surface area (Å²) < 4.78 is 5.01. The van der Waals surface area contributed by atoms with Gasteiger partial charge in [0.1, 0.15) is 0 Å². The van der Waals surface area contributed by atoms with Gasteiger partial charge in [0.15, 0.2) is 0 Å². The van der Waals surface area contributed by atoms with Crippen molar-refractivity contribution < 1.29 is 14.3 Å². The van der Waals surface area contributed by atoms with Gasteiger partial charge in [-0.1, -0.05) is 6.08 Å². The number of amides is 1. The molecule has 0 atom stereocenters. The minimum Gasteiger partial charge on any atom is -0.466 e. The van der Waals surface area contributed by atoms with Crippen LogP contribution in [-0.4, -0.2) is 62.0 Å². The van der Waals surface area contributed by atoms with Gasteiger partial charge in [0, 0.05) is 25.7 Å². The standard InChI is InChI=1S/C14H24N2O3/c1-4-19-14(18)12-7-10-16(11-8-12)13(17)6-5-9-15(2)3/h5-6,12H,4,7-11H2,1-3H3/b6-5+. The van der Waals surface area contributed by atoms with E-state index in [2.05, 4.69) is 0 Å². The molecule has 0 aromatic rings. The molecular weight excluding hydrogens is 244 g/mol. The van der Waals surface area contributed by atoms with Crippen molar-refractivity contribution in [3.63, 3.8) is 0 Å². The van der Waals surface area contributed by atoms with Crippen LogP contribution < -0.4 is 0 Å². The molecule has 0 unspecified atom stereocenters. The van der Waals surface area contributed by atoms with Crippen molar-refractivity contribution in [3.05, 3.63) is 12.2 Å². The van der Waals surface area contributed by atoms with Crippen molar-refractivity contribution in [3.8, 4) is 0 Å². The molecule has 1 saturated heterocycles. The Labute approximate surface area is 115 Å². The lowest BCUT2D eigenvalue weighted by molar-refractivity contribution is -0.150. The van der Waals surface area contributed by atoms with Crippen LogP contribution in [0.15, 0.2) is 12.2 Å². The van der Waals surface area contributed by atoms with Gasteiger partial charge in [-0.25, -0.2) is 0 Å². The van der Waals surface area contributed by atoms with E-state index in [4.69, 9.17) is 4.74 Å². The van der Waals surface area contributed by atoms with E-state index in [1.165, 1.54) is 0 Å². The summed E-state index contributed by atoms with van der Waals surface area (Å²) >= 11 is 0. The first kappa shape index (κ1) is 15.7. The van der Waals surface area contributed by atoms with Crippen LogP contribution in [-0.2, 0) is 14.3 Å². The molecule has 1 heterocycles. The predicted octanol–water partition coefficient (Wildman–Crippen LogP) is 0.906. The molecule has 1 amide bonds. The number of ether oxygens (including phenoxy) is 1. The van der Waals surface area contributed by atoms with Crippen molar-refractivity contribution in [2.75, 3.05) is 40.3 Å². The van der Waals surface area contributed by atoms with Gasteiger partial charge in [-0.15, -0.1) is 0 Å². The molecular formula is C14H24N2O3. The van der Waals surface area contributed by atoms with Crippen LogP contribution in [0.5, 0.6) is 0 Å². The molecule has 5 nitrogen and oxygen atoms in total. The van der Waals surface area contributed by atoms with Gasteiger partial charge in [-0.05, 0) is 33.9 Å². The summed E-state index contributed by atoms with van der Waals surface area (Å²) in [7, 11) is 3.92. The minimum absolute atomic E-state index is 0.0316. The van der Waals surface area contributed by atoms with E-state index in [9.17, 15) is 9.59 Å². The highest BCUT2D eigenvalue weighted by Gasteiger charge is 2.27. The van der Waals surface area contributed by atoms with Crippen LogP contribution in [0.1, 0.15) is 19.8 Å². The average Bonchev–Trinajstić information content (AvgIpc) is 2.38. The van der Waals surface area contributed by atoms with E-state index < -0.39 is 0 Å². The smallest absolute Gasteiger partial charge is 0.309 e. The molecule has 0 aromatic carbocycles. The van der Waals surface area contributed by atoms with Gasteiger partial charge in [-0.2, -0.15) is 0 Å². The molecule has 5 heteroatoms. The first-order valence-electron chi connectivity index (χ1n) is 6.81. The third kappa shape index (κ3) is 5.42. The number of hydrogen-bond acceptors (Lipinski definition) is 4. The fourth-order valence-electron chi connectivity index (χ4n) is 2.07. The van der Waals surface area contributed by atoms with Gasteiger partial charge in [0.2, 0.25) is 5.91 Å². The maximum absolute atomic E-state index is 11.9. The molecule has 108 valence electrons. The van der Waals surface area contributed by atoms with Crippen molar-refractivity contribution in [1.29, 1.82) is 0 Å². The Balaban J connectivity index is 2.35. The Hall–Kier alpha value is -1.36. The summed E-state index contributed by atoms with van der Waals surface area (Å²) in [5.41, 5.74) is 0. The molecule has 0 radical (unpaired) electrons. The Morgan fingerprint density at radius 2 is 1.95 bits per heavy atom. The highest BCUT2D eigenvalue weighted by Crippen LogP contribution is 2.18. The molecule has 0 aromatic heterocycles. The van der Waals surface area contributed by atoms with Crippen LogP contribution >= 0.6 is 0 Å². The first-order valence-corrected chi connectivity index (χ1v) is 6.81. The van der Waals surface area contributed by atoms with Crippen molar-refractivity contribution >= 4 is 11.9 Å². The molecule has 0 spiro atoms. The summed E-state index contributed by atoms with van der Waals surface area (Å²) in [6.45, 7) is 4.26. The van der Waals surface area contributed by atoms with Gasteiger partial charge >= 0.3 is 5.97 Å². The van der Waals surface area contributed by atoms with Crippen LogP contribution in [0.2, 0.25) is 0 Å². The second-order valence-corrected chi connectivity index (χ2v) is 5.02. The molecule has 1 rings (SSSR count). The number of piperidine rings is 1. The number of carbonyl (C=O) groups is 2. The van der Waals surface area contributed by atoms with Gasteiger partial charge in [-0.3, -0.25) is 9.59 Å². The van der Waals surface area contributed by atoms with Gasteiger partial charge in [0.05, 0.1) is 12.5 Å². The Kier molecular flexibility index (Phi) is 6.56. The Bertz CT molecular complexity index is 332. The quantitative estimate of drug-likeness (QED) is 0.549. The number of carbonyl (C=O) groups excluding carboxylic acids is 2. The Morgan fingerprint density at radius 1 is 1.32 bits per heavy atom. The maximum Gasteiger partial charge on any atom is 0.309 e. The van der Waals surface area contributed by atoms with E-state index in [1.807, 2.05) is 32.0 Å². The molecule has 0 saturated carbocycles. The van der Waals surface area contributed by atoms with E-state index >= 15 is 0 Å². The lowest BCUT2D eigenvalue weighted by atomic mass is 9.97. The fourth-order valence-corrected chi connectivity index (χ4v) is 2.07. The number of rotatable bonds is 5. The highest BCUT2D eigenvalue weighted by molar-refractivity contribution is 5.87. The lowest BCUT2D eigenvalue weighted by Crippen LogP contribution is -2.40. The third-order valence-electron chi connectivity index (χ3n) is 3.16. The van der Waals surface area contributed by atoms with Crippen LogP contribution in [0, 0.1) is 5.92 Å². The zero-order valence-corrected chi connectivity index (χ0v) is 12.1. The van der Waals surface area contributed by atoms with Crippen molar-refractivity contribution in [2.45, 2.75) is 19.8 Å². The fraction of sp³-hybridized carbons (Fsp3) is 0.714. The minimum atomic E-state index is -0.127. The average molecular weight is 268 g/mol. The van der Waals surface area contributed by atoms with Crippen LogP contribution in [0.4, 0.5) is 0 Å². The Morgan fingerprint density at radius 3 is 2.47 bits per heavy atom. The molecule has 1 fully saturated rings. The lowest BCUT2D eigenvalue weighted by Gasteiger charge is -2.30. The highest BCUT2D eigenvalue weighted by atomic mass is 16.5. The topological polar surface area (TPSA) is 49.9 Å². The SMILES string of the molecule is CCOC(=O)C1CCN(C(=O)/C=C/CN(C)C)CC1. The molecule has 19 heavy (non-hydrogen) atoms. The van der Waals surface area contributed by atoms with E-state index in [0.29, 0.717) is 32.5 Å². The summed E-state index contributed by atoms with van der Waals surface area (Å²) in [6.07, 6.45) is 4.88. The molecule has 0 bridgehead atoms. The second kappa shape index (κ2) is 7.94. The van der Waals surface area contributed by atoms with Crippen LogP contribution in [0.25, 0.3) is 0 Å². The van der Waals surface area contributed by atoms with Crippen molar-refractivity contribution in [1.82, 2.24) is 9.80 Å². The second-order valence-electron chi connectivity index (χ2n) is 5.02. The van der Waals surface area contributed by atoms with Crippen molar-refractivity contribution in [2.24, 2.45) is 5.92 Å².